The van der Waals surface area contributed by atoms with E-state index in [1.807, 2.05) is 0 Å². The van der Waals surface area contributed by atoms with Gasteiger partial charge in [-0.1, -0.05) is 4.49 Å². The lowest BCUT2D eigenvalue weighted by Crippen LogP contribution is -2.04. The molecule has 5 heteroatoms. The normalized spacial score (nSPS) is 8.71. The Morgan fingerprint density at radius 1 is 1.86 bits per heavy atom. The molecule has 1 heterocycles. The van der Waals surface area contributed by atoms with E-state index in [1.165, 1.54) is 11.5 Å². The highest BCUT2D eigenvalue weighted by Crippen LogP contribution is 2.04. The number of nitrogens with zero attached hydrogens (tertiary/aromatic N) is 2. The molecule has 0 aliphatic heterocycles. The molecule has 0 bridgehead atoms. The summed E-state index contributed by atoms with van der Waals surface area (Å²) in [5, 5.41) is 4.30. The van der Waals surface area contributed by atoms with Crippen molar-refractivity contribution in [3.05, 3.63) is 6.20 Å². The van der Waals surface area contributed by atoms with E-state index in [4.69, 9.17) is 5.84 Å². The summed E-state index contributed by atoms with van der Waals surface area (Å²) in [4.78, 5) is 0. The van der Waals surface area contributed by atoms with Crippen molar-refractivity contribution in [2.24, 2.45) is 5.84 Å². The number of nitrogen functional groups attached to an aromatic ring is 1. The molecule has 0 amide bonds. The van der Waals surface area contributed by atoms with Gasteiger partial charge in [0.05, 0.1) is 6.20 Å². The minimum Gasteiger partial charge on any atom is -0.313 e. The third-order valence-electron chi connectivity index (χ3n) is 0.504. The number of nitrogens with two attached hydrogens (primary N) is 1. The van der Waals surface area contributed by atoms with Gasteiger partial charge in [-0.3, -0.25) is 0 Å². The predicted octanol–water partition coefficient (Wildman–Crippen LogP) is -0.176. The zero-order valence-corrected chi connectivity index (χ0v) is 4.27. The average molecular weight is 116 g/mol. The summed E-state index contributed by atoms with van der Waals surface area (Å²) in [6, 6.07) is 0. The van der Waals surface area contributed by atoms with Crippen LogP contribution in [0, 0.1) is 0 Å². The van der Waals surface area contributed by atoms with Crippen molar-refractivity contribution >= 4 is 16.5 Å². The van der Waals surface area contributed by atoms with E-state index >= 15 is 0 Å². The highest BCUT2D eigenvalue weighted by Gasteiger charge is 1.84. The molecule has 0 aromatic carbocycles. The summed E-state index contributed by atoms with van der Waals surface area (Å²) >= 11 is 1.23. The van der Waals surface area contributed by atoms with Crippen molar-refractivity contribution in [2.45, 2.75) is 0 Å². The number of hydrogen-bond acceptors (Lipinski definition) is 5. The smallest absolute Gasteiger partial charge is 0.144 e. The van der Waals surface area contributed by atoms with Crippen LogP contribution in [0.2, 0.25) is 0 Å². The molecule has 0 unspecified atom stereocenters. The predicted molar refractivity (Wildman–Crippen MR) is 27.7 cm³/mol. The molecular weight excluding hydrogens is 112 g/mol. The minimum atomic E-state index is 0.778. The van der Waals surface area contributed by atoms with E-state index in [2.05, 4.69) is 15.0 Å². The maximum atomic E-state index is 4.97. The van der Waals surface area contributed by atoms with Gasteiger partial charge in [-0.2, -0.15) is 0 Å². The van der Waals surface area contributed by atoms with Crippen molar-refractivity contribution in [1.82, 2.24) is 9.59 Å². The second-order valence-corrected chi connectivity index (χ2v) is 1.71. The van der Waals surface area contributed by atoms with Crippen molar-refractivity contribution in [1.29, 1.82) is 0 Å². The van der Waals surface area contributed by atoms with E-state index < -0.39 is 0 Å². The number of rotatable bonds is 1. The van der Waals surface area contributed by atoms with Crippen molar-refractivity contribution in [3.63, 3.8) is 0 Å². The standard InChI is InChI=1S/C2H4N4S/c3-5-2-1-4-6-7-2/h1,5H,3H2. The fourth-order valence-corrected chi connectivity index (χ4v) is 0.560. The monoisotopic (exact) mass is 116 g/mol. The van der Waals surface area contributed by atoms with E-state index in [1.54, 1.807) is 6.20 Å². The molecule has 0 atom stereocenters. The van der Waals surface area contributed by atoms with Crippen LogP contribution in [-0.4, -0.2) is 9.59 Å². The lowest BCUT2D eigenvalue weighted by atomic mass is 10.9. The summed E-state index contributed by atoms with van der Waals surface area (Å²) in [7, 11) is 0. The molecular formula is C2H4N4S. The minimum absolute atomic E-state index is 0.778. The molecule has 1 rings (SSSR count). The maximum absolute atomic E-state index is 4.97. The number of hydrogen-bond donors (Lipinski definition) is 2. The lowest BCUT2D eigenvalue weighted by Gasteiger charge is -1.82. The zero-order chi connectivity index (χ0) is 5.11. The van der Waals surface area contributed by atoms with Gasteiger partial charge in [0.25, 0.3) is 0 Å². The molecule has 1 aromatic heterocycles. The van der Waals surface area contributed by atoms with Gasteiger partial charge in [-0.25, -0.2) is 5.84 Å². The van der Waals surface area contributed by atoms with Crippen molar-refractivity contribution in [2.75, 3.05) is 5.43 Å². The van der Waals surface area contributed by atoms with E-state index in [0.29, 0.717) is 0 Å². The Labute approximate surface area is 44.5 Å². The zero-order valence-electron chi connectivity index (χ0n) is 3.46. The first-order valence-electron chi connectivity index (χ1n) is 1.67. The topological polar surface area (TPSA) is 63.8 Å². The molecule has 3 N–H and O–H groups in total. The molecule has 0 spiro atoms. The van der Waals surface area contributed by atoms with Crippen LogP contribution >= 0.6 is 11.5 Å². The van der Waals surface area contributed by atoms with Crippen molar-refractivity contribution < 1.29 is 0 Å². The van der Waals surface area contributed by atoms with Gasteiger partial charge in [0, 0.05) is 11.5 Å². The van der Waals surface area contributed by atoms with E-state index in [0.717, 1.165) is 5.00 Å². The first kappa shape index (κ1) is 4.48. The summed E-state index contributed by atoms with van der Waals surface area (Å²) in [5.74, 6) is 4.97. The maximum Gasteiger partial charge on any atom is 0.144 e. The molecule has 0 radical (unpaired) electrons. The fraction of sp³-hybridized carbons (Fsp3) is 0. The Kier molecular flexibility index (Phi) is 1.19. The molecule has 0 saturated carbocycles. The SMILES string of the molecule is NNc1cnns1. The van der Waals surface area contributed by atoms with Gasteiger partial charge >= 0.3 is 0 Å². The van der Waals surface area contributed by atoms with Crippen LogP contribution in [0.4, 0.5) is 5.00 Å². The number of anilines is 1. The average Bonchev–Trinajstić information content (AvgIpc) is 2.14. The second-order valence-electron chi connectivity index (χ2n) is 0.926. The fourth-order valence-electron chi connectivity index (χ4n) is 0.231. The Hall–Kier alpha value is -0.680. The number of nitrogens with one attached hydrogen (secondary N) is 1. The van der Waals surface area contributed by atoms with Crippen LogP contribution in [0.15, 0.2) is 6.20 Å². The van der Waals surface area contributed by atoms with Crippen LogP contribution < -0.4 is 11.3 Å². The molecule has 0 saturated heterocycles. The van der Waals surface area contributed by atoms with Gasteiger partial charge in [0.1, 0.15) is 5.00 Å². The molecule has 7 heavy (non-hydrogen) atoms. The van der Waals surface area contributed by atoms with Gasteiger partial charge in [-0.15, -0.1) is 5.10 Å². The van der Waals surface area contributed by atoms with Crippen LogP contribution in [0.25, 0.3) is 0 Å². The molecule has 0 aliphatic carbocycles. The van der Waals surface area contributed by atoms with Gasteiger partial charge < -0.3 is 5.43 Å². The Morgan fingerprint density at radius 3 is 3.00 bits per heavy atom. The molecule has 0 fully saturated rings. The summed E-state index contributed by atoms with van der Waals surface area (Å²) in [6.07, 6.45) is 1.56. The quantitative estimate of drug-likeness (QED) is 0.395. The molecule has 4 nitrogen and oxygen atoms in total. The van der Waals surface area contributed by atoms with Crippen LogP contribution in [-0.2, 0) is 0 Å². The van der Waals surface area contributed by atoms with Gasteiger partial charge in [-0.05, 0) is 0 Å². The van der Waals surface area contributed by atoms with Gasteiger partial charge in [0.15, 0.2) is 0 Å². The number of hydrazine groups is 1. The Morgan fingerprint density at radius 2 is 2.71 bits per heavy atom. The Balaban J connectivity index is 2.76. The van der Waals surface area contributed by atoms with E-state index in [9.17, 15) is 0 Å². The van der Waals surface area contributed by atoms with Gasteiger partial charge in [0.2, 0.25) is 0 Å². The third kappa shape index (κ3) is 0.847. The third-order valence-corrected chi connectivity index (χ3v) is 1.10. The Bertz CT molecular complexity index is 124. The molecule has 0 aliphatic rings. The van der Waals surface area contributed by atoms with Crippen LogP contribution in [0.3, 0.4) is 0 Å². The summed E-state index contributed by atoms with van der Waals surface area (Å²) in [5.41, 5.74) is 2.40. The van der Waals surface area contributed by atoms with Crippen molar-refractivity contribution in [3.8, 4) is 0 Å². The second kappa shape index (κ2) is 1.85. The summed E-state index contributed by atoms with van der Waals surface area (Å²) in [6.45, 7) is 0. The lowest BCUT2D eigenvalue weighted by molar-refractivity contribution is 1.15. The summed E-state index contributed by atoms with van der Waals surface area (Å²) < 4.78 is 3.54. The highest BCUT2D eigenvalue weighted by atomic mass is 32.1. The molecule has 38 valence electrons. The van der Waals surface area contributed by atoms with E-state index in [-0.39, 0.29) is 0 Å². The van der Waals surface area contributed by atoms with Crippen LogP contribution in [0.1, 0.15) is 0 Å². The van der Waals surface area contributed by atoms with Crippen LogP contribution in [0.5, 0.6) is 0 Å². The first-order valence-corrected chi connectivity index (χ1v) is 2.45. The first-order chi connectivity index (χ1) is 3.43. The largest absolute Gasteiger partial charge is 0.313 e. The highest BCUT2D eigenvalue weighted by molar-refractivity contribution is 7.09. The molecule has 1 aromatic rings. The number of aromatic nitrogens is 2.